The number of benzene rings is 2. The van der Waals surface area contributed by atoms with Crippen molar-refractivity contribution < 1.29 is 4.79 Å². The van der Waals surface area contributed by atoms with Crippen molar-refractivity contribution >= 4 is 35.1 Å². The van der Waals surface area contributed by atoms with Crippen molar-refractivity contribution in [2.75, 3.05) is 16.8 Å². The maximum Gasteiger partial charge on any atom is 0.255 e. The van der Waals surface area contributed by atoms with Crippen molar-refractivity contribution in [2.45, 2.75) is 17.9 Å². The van der Waals surface area contributed by atoms with E-state index in [4.69, 9.17) is 0 Å². The van der Waals surface area contributed by atoms with Crippen LogP contribution in [0.15, 0.2) is 48.5 Å². The first-order valence-corrected chi connectivity index (χ1v) is 9.60. The Balaban J connectivity index is 1.72. The monoisotopic (exact) mass is 329 g/mol. The Kier molecular flexibility index (Phi) is 5.11. The van der Waals surface area contributed by atoms with E-state index in [0.717, 1.165) is 17.7 Å². The molecule has 22 heavy (non-hydrogen) atoms. The molecule has 0 saturated carbocycles. The van der Waals surface area contributed by atoms with E-state index in [-0.39, 0.29) is 5.91 Å². The van der Waals surface area contributed by atoms with E-state index >= 15 is 0 Å². The number of hydrogen-bond donors (Lipinski definition) is 1. The quantitative estimate of drug-likeness (QED) is 0.857. The van der Waals surface area contributed by atoms with E-state index in [9.17, 15) is 4.79 Å². The molecule has 0 unspecified atom stereocenters. The number of para-hydroxylation sites is 1. The third-order valence-corrected chi connectivity index (χ3v) is 6.82. The number of thioether (sulfide) groups is 2. The van der Waals surface area contributed by atoms with Gasteiger partial charge in [0.25, 0.3) is 5.91 Å². The van der Waals surface area contributed by atoms with Crippen LogP contribution in [-0.4, -0.2) is 17.4 Å². The molecule has 1 aliphatic heterocycles. The summed E-state index contributed by atoms with van der Waals surface area (Å²) in [4.78, 5) is 12.4. The van der Waals surface area contributed by atoms with E-state index in [0.29, 0.717) is 10.1 Å². The molecule has 1 amide bonds. The van der Waals surface area contributed by atoms with Gasteiger partial charge in [0.05, 0.1) is 4.58 Å². The van der Waals surface area contributed by atoms with Gasteiger partial charge in [-0.05, 0) is 35.7 Å². The molecule has 1 heterocycles. The zero-order valence-electron chi connectivity index (χ0n) is 12.5. The van der Waals surface area contributed by atoms with Crippen molar-refractivity contribution in [1.29, 1.82) is 0 Å². The van der Waals surface area contributed by atoms with Crippen LogP contribution in [0.2, 0.25) is 0 Å². The molecule has 2 aromatic rings. The van der Waals surface area contributed by atoms with Crippen molar-refractivity contribution in [1.82, 2.24) is 0 Å². The van der Waals surface area contributed by atoms with Gasteiger partial charge in [-0.15, -0.1) is 23.5 Å². The van der Waals surface area contributed by atoms with Gasteiger partial charge in [-0.2, -0.15) is 0 Å². The molecule has 0 aromatic heterocycles. The van der Waals surface area contributed by atoms with Crippen molar-refractivity contribution in [2.24, 2.45) is 0 Å². The average molecular weight is 329 g/mol. The third-order valence-electron chi connectivity index (χ3n) is 3.71. The molecule has 114 valence electrons. The number of carbonyl (C=O) groups is 1. The summed E-state index contributed by atoms with van der Waals surface area (Å²) in [6, 6.07) is 16.0. The lowest BCUT2D eigenvalue weighted by Gasteiger charge is -2.11. The van der Waals surface area contributed by atoms with Gasteiger partial charge in [-0.25, -0.2) is 0 Å². The van der Waals surface area contributed by atoms with Gasteiger partial charge < -0.3 is 5.32 Å². The molecule has 2 nitrogen and oxygen atoms in total. The molecule has 0 atom stereocenters. The molecule has 0 spiro atoms. The van der Waals surface area contributed by atoms with E-state index in [1.54, 1.807) is 0 Å². The number of amides is 1. The SMILES string of the molecule is CCc1ccccc1NC(=O)c1ccc(C2SCCS2)cc1. The van der Waals surface area contributed by atoms with Crippen LogP contribution in [0.25, 0.3) is 0 Å². The second-order valence-electron chi connectivity index (χ2n) is 5.16. The Morgan fingerprint density at radius 1 is 1.09 bits per heavy atom. The Hall–Kier alpha value is -1.39. The van der Waals surface area contributed by atoms with Gasteiger partial charge in [0.15, 0.2) is 0 Å². The molecule has 4 heteroatoms. The van der Waals surface area contributed by atoms with E-state index < -0.39 is 0 Å². The highest BCUT2D eigenvalue weighted by molar-refractivity contribution is 8.19. The van der Waals surface area contributed by atoms with Crippen LogP contribution < -0.4 is 5.32 Å². The van der Waals surface area contributed by atoms with E-state index in [1.165, 1.54) is 17.1 Å². The maximum absolute atomic E-state index is 12.4. The van der Waals surface area contributed by atoms with Crippen LogP contribution >= 0.6 is 23.5 Å². The zero-order valence-corrected chi connectivity index (χ0v) is 14.2. The Labute approximate surface area is 140 Å². The van der Waals surface area contributed by atoms with E-state index in [2.05, 4.69) is 24.4 Å². The van der Waals surface area contributed by atoms with Gasteiger partial charge >= 0.3 is 0 Å². The summed E-state index contributed by atoms with van der Waals surface area (Å²) in [6.45, 7) is 2.09. The lowest BCUT2D eigenvalue weighted by molar-refractivity contribution is 0.102. The van der Waals surface area contributed by atoms with Crippen LogP contribution in [0.5, 0.6) is 0 Å². The Bertz CT molecular complexity index is 648. The molecular weight excluding hydrogens is 310 g/mol. The van der Waals surface area contributed by atoms with Gasteiger partial charge in [0.1, 0.15) is 0 Å². The highest BCUT2D eigenvalue weighted by Gasteiger charge is 2.18. The first-order chi connectivity index (χ1) is 10.8. The standard InChI is InChI=1S/C18H19NOS2/c1-2-13-5-3-4-6-16(13)19-17(20)14-7-9-15(10-8-14)18-21-11-12-22-18/h3-10,18H,2,11-12H2,1H3,(H,19,20). The van der Waals surface area contributed by atoms with Gasteiger partial charge in [0, 0.05) is 22.8 Å². The summed E-state index contributed by atoms with van der Waals surface area (Å²) in [7, 11) is 0. The third kappa shape index (κ3) is 3.50. The summed E-state index contributed by atoms with van der Waals surface area (Å²) in [5.74, 6) is 2.38. The minimum Gasteiger partial charge on any atom is -0.322 e. The molecule has 3 rings (SSSR count). The van der Waals surface area contributed by atoms with Crippen LogP contribution in [-0.2, 0) is 6.42 Å². The second kappa shape index (κ2) is 7.25. The predicted octanol–water partition coefficient (Wildman–Crippen LogP) is 4.98. The summed E-state index contributed by atoms with van der Waals surface area (Å²) >= 11 is 3.96. The summed E-state index contributed by atoms with van der Waals surface area (Å²) < 4.78 is 0.526. The number of aryl methyl sites for hydroxylation is 1. The van der Waals surface area contributed by atoms with Crippen LogP contribution in [0.3, 0.4) is 0 Å². The van der Waals surface area contributed by atoms with Crippen LogP contribution in [0.4, 0.5) is 5.69 Å². The fraction of sp³-hybridized carbons (Fsp3) is 0.278. The molecule has 1 fully saturated rings. The molecule has 2 aromatic carbocycles. The second-order valence-corrected chi connectivity index (χ2v) is 7.88. The highest BCUT2D eigenvalue weighted by atomic mass is 32.2. The molecule has 1 aliphatic rings. The molecular formula is C18H19NOS2. The predicted molar refractivity (Wildman–Crippen MR) is 97.9 cm³/mol. The fourth-order valence-electron chi connectivity index (χ4n) is 2.49. The largest absolute Gasteiger partial charge is 0.322 e. The normalized spacial score (nSPS) is 15.0. The Morgan fingerprint density at radius 2 is 1.77 bits per heavy atom. The van der Waals surface area contributed by atoms with Gasteiger partial charge in [-0.3, -0.25) is 4.79 Å². The Morgan fingerprint density at radius 3 is 2.45 bits per heavy atom. The number of hydrogen-bond acceptors (Lipinski definition) is 3. The highest BCUT2D eigenvalue weighted by Crippen LogP contribution is 2.45. The van der Waals surface area contributed by atoms with Crippen LogP contribution in [0.1, 0.15) is 33.0 Å². The topological polar surface area (TPSA) is 29.1 Å². The lowest BCUT2D eigenvalue weighted by atomic mass is 10.1. The van der Waals surface area contributed by atoms with E-state index in [1.807, 2.05) is 59.9 Å². The van der Waals surface area contributed by atoms with Gasteiger partial charge in [0.2, 0.25) is 0 Å². The zero-order chi connectivity index (χ0) is 15.4. The molecule has 0 radical (unpaired) electrons. The maximum atomic E-state index is 12.4. The molecule has 0 aliphatic carbocycles. The van der Waals surface area contributed by atoms with Gasteiger partial charge in [-0.1, -0.05) is 37.3 Å². The van der Waals surface area contributed by atoms with Crippen LogP contribution in [0, 0.1) is 0 Å². The number of carbonyl (C=O) groups excluding carboxylic acids is 1. The minimum atomic E-state index is -0.0424. The summed E-state index contributed by atoms with van der Waals surface area (Å²) in [5.41, 5.74) is 4.08. The number of rotatable bonds is 4. The average Bonchev–Trinajstić information content (AvgIpc) is 3.10. The number of anilines is 1. The molecule has 1 N–H and O–H groups in total. The summed E-state index contributed by atoms with van der Waals surface area (Å²) in [5, 5.41) is 3.02. The molecule has 0 bridgehead atoms. The molecule has 1 saturated heterocycles. The first-order valence-electron chi connectivity index (χ1n) is 7.50. The minimum absolute atomic E-state index is 0.0424. The van der Waals surface area contributed by atoms with Crippen molar-refractivity contribution in [3.8, 4) is 0 Å². The fourth-order valence-corrected chi connectivity index (χ4v) is 5.35. The number of nitrogens with one attached hydrogen (secondary N) is 1. The lowest BCUT2D eigenvalue weighted by Crippen LogP contribution is -2.13. The smallest absolute Gasteiger partial charge is 0.255 e. The van der Waals surface area contributed by atoms with Crippen molar-refractivity contribution in [3.63, 3.8) is 0 Å². The first kappa shape index (κ1) is 15.5. The van der Waals surface area contributed by atoms with Crippen molar-refractivity contribution in [3.05, 3.63) is 65.2 Å². The summed E-state index contributed by atoms with van der Waals surface area (Å²) in [6.07, 6.45) is 0.908.